The third-order valence-corrected chi connectivity index (χ3v) is 2.88. The molecule has 0 radical (unpaired) electrons. The van der Waals surface area contributed by atoms with E-state index < -0.39 is 11.4 Å². The van der Waals surface area contributed by atoms with Crippen LogP contribution < -0.4 is 10.4 Å². The van der Waals surface area contributed by atoms with E-state index in [1.807, 2.05) is 6.92 Å². The highest BCUT2D eigenvalue weighted by Crippen LogP contribution is 2.22. The van der Waals surface area contributed by atoms with Crippen LogP contribution in [-0.2, 0) is 0 Å². The van der Waals surface area contributed by atoms with Gasteiger partial charge >= 0.3 is 5.63 Å². The molecule has 2 rings (SSSR count). The molecule has 0 saturated heterocycles. The normalized spacial score (nSPS) is 12.5. The average molecular weight is 264 g/mol. The van der Waals surface area contributed by atoms with Crippen molar-refractivity contribution >= 4 is 11.0 Å². The lowest BCUT2D eigenvalue weighted by molar-refractivity contribution is 0.202. The standard InChI is InChI=1S/C14H16O5/c1-9(8-15)4-5-18-11-3-2-10-6-12(16)14(17)19-13(10)7-11/h2-3,6-7,9,15-16H,4-5,8H2,1H3/t9-/m0/s1. The summed E-state index contributed by atoms with van der Waals surface area (Å²) in [5.41, 5.74) is -0.394. The molecular formula is C14H16O5. The molecule has 2 N–H and O–H groups in total. The van der Waals surface area contributed by atoms with E-state index in [1.165, 1.54) is 6.07 Å². The van der Waals surface area contributed by atoms with Gasteiger partial charge in [0.05, 0.1) is 6.61 Å². The molecule has 1 aromatic carbocycles. The first-order chi connectivity index (χ1) is 9.10. The van der Waals surface area contributed by atoms with Gasteiger partial charge in [0.25, 0.3) is 0 Å². The zero-order valence-electron chi connectivity index (χ0n) is 10.6. The second-order valence-corrected chi connectivity index (χ2v) is 4.54. The molecule has 0 unspecified atom stereocenters. The minimum absolute atomic E-state index is 0.134. The fourth-order valence-corrected chi connectivity index (χ4v) is 1.64. The zero-order chi connectivity index (χ0) is 13.8. The quantitative estimate of drug-likeness (QED) is 0.806. The van der Waals surface area contributed by atoms with Crippen molar-refractivity contribution in [3.05, 3.63) is 34.7 Å². The molecule has 1 heterocycles. The first kappa shape index (κ1) is 13.4. The highest BCUT2D eigenvalue weighted by Gasteiger charge is 2.05. The number of hydrogen-bond donors (Lipinski definition) is 2. The first-order valence-electron chi connectivity index (χ1n) is 6.10. The van der Waals surface area contributed by atoms with Gasteiger partial charge in [-0.1, -0.05) is 6.92 Å². The van der Waals surface area contributed by atoms with Crippen LogP contribution in [0, 0.1) is 5.92 Å². The van der Waals surface area contributed by atoms with E-state index in [9.17, 15) is 9.90 Å². The molecule has 0 aliphatic rings. The van der Waals surface area contributed by atoms with Crippen molar-refractivity contribution in [1.82, 2.24) is 0 Å². The molecule has 0 fully saturated rings. The van der Waals surface area contributed by atoms with Gasteiger partial charge < -0.3 is 19.4 Å². The number of rotatable bonds is 5. The Morgan fingerprint density at radius 1 is 1.37 bits per heavy atom. The summed E-state index contributed by atoms with van der Waals surface area (Å²) in [6, 6.07) is 6.42. The molecular weight excluding hydrogens is 248 g/mol. The lowest BCUT2D eigenvalue weighted by atomic mass is 10.1. The van der Waals surface area contributed by atoms with Crippen LogP contribution in [0.5, 0.6) is 11.5 Å². The van der Waals surface area contributed by atoms with Gasteiger partial charge in [-0.3, -0.25) is 0 Å². The molecule has 19 heavy (non-hydrogen) atoms. The maximum absolute atomic E-state index is 11.2. The third-order valence-electron chi connectivity index (χ3n) is 2.88. The lowest BCUT2D eigenvalue weighted by Gasteiger charge is -2.09. The second-order valence-electron chi connectivity index (χ2n) is 4.54. The van der Waals surface area contributed by atoms with Gasteiger partial charge in [-0.15, -0.1) is 0 Å². The number of aliphatic hydroxyl groups is 1. The van der Waals surface area contributed by atoms with E-state index in [0.717, 1.165) is 6.42 Å². The van der Waals surface area contributed by atoms with Crippen LogP contribution in [0.25, 0.3) is 11.0 Å². The number of aromatic hydroxyl groups is 1. The molecule has 2 aromatic rings. The lowest BCUT2D eigenvalue weighted by Crippen LogP contribution is -2.07. The summed E-state index contributed by atoms with van der Waals surface area (Å²) in [7, 11) is 0. The fraction of sp³-hybridized carbons (Fsp3) is 0.357. The summed E-state index contributed by atoms with van der Waals surface area (Å²) in [5, 5.41) is 18.8. The monoisotopic (exact) mass is 264 g/mol. The van der Waals surface area contributed by atoms with E-state index in [1.54, 1.807) is 18.2 Å². The maximum Gasteiger partial charge on any atom is 0.378 e. The molecule has 102 valence electrons. The molecule has 0 bridgehead atoms. The van der Waals surface area contributed by atoms with Gasteiger partial charge in [0.15, 0.2) is 0 Å². The van der Waals surface area contributed by atoms with E-state index in [2.05, 4.69) is 0 Å². The SMILES string of the molecule is C[C@H](CO)CCOc1ccc2cc(O)c(=O)oc2c1. The van der Waals surface area contributed by atoms with Gasteiger partial charge in [0.2, 0.25) is 5.75 Å². The summed E-state index contributed by atoms with van der Waals surface area (Å²) in [6.07, 6.45) is 0.744. The molecule has 0 amide bonds. The van der Waals surface area contributed by atoms with Gasteiger partial charge in [0.1, 0.15) is 11.3 Å². The Bertz CT molecular complexity index is 617. The minimum atomic E-state index is -0.765. The number of ether oxygens (including phenoxy) is 1. The van der Waals surface area contributed by atoms with Crippen molar-refractivity contribution in [3.63, 3.8) is 0 Å². The second kappa shape index (κ2) is 5.75. The number of fused-ring (bicyclic) bond motifs is 1. The van der Waals surface area contributed by atoms with Crippen LogP contribution in [0.3, 0.4) is 0 Å². The Balaban J connectivity index is 2.13. The molecule has 0 saturated carbocycles. The predicted octanol–water partition coefficient (Wildman–Crippen LogP) is 1.90. The summed E-state index contributed by atoms with van der Waals surface area (Å²) in [5.74, 6) is 0.375. The maximum atomic E-state index is 11.2. The van der Waals surface area contributed by atoms with Gasteiger partial charge in [-0.2, -0.15) is 0 Å². The number of benzene rings is 1. The highest BCUT2D eigenvalue weighted by atomic mass is 16.5. The van der Waals surface area contributed by atoms with Crippen LogP contribution in [0.2, 0.25) is 0 Å². The fourth-order valence-electron chi connectivity index (χ4n) is 1.64. The Labute approximate surface area is 110 Å². The molecule has 0 spiro atoms. The van der Waals surface area contributed by atoms with Crippen LogP contribution in [-0.4, -0.2) is 23.4 Å². The number of aliphatic hydroxyl groups excluding tert-OH is 1. The Kier molecular flexibility index (Phi) is 4.06. The van der Waals surface area contributed by atoms with Gasteiger partial charge in [0, 0.05) is 18.1 Å². The topological polar surface area (TPSA) is 79.9 Å². The third kappa shape index (κ3) is 3.26. The summed E-state index contributed by atoms with van der Waals surface area (Å²) >= 11 is 0. The highest BCUT2D eigenvalue weighted by molar-refractivity contribution is 5.79. The van der Waals surface area contributed by atoms with Crippen LogP contribution >= 0.6 is 0 Å². The Hall–Kier alpha value is -2.01. The smallest absolute Gasteiger partial charge is 0.378 e. The Morgan fingerprint density at radius 2 is 2.16 bits per heavy atom. The van der Waals surface area contributed by atoms with Crippen molar-refractivity contribution < 1.29 is 19.4 Å². The zero-order valence-corrected chi connectivity index (χ0v) is 10.6. The molecule has 1 atom stereocenters. The van der Waals surface area contributed by atoms with Crippen molar-refractivity contribution in [2.45, 2.75) is 13.3 Å². The minimum Gasteiger partial charge on any atom is -0.502 e. The van der Waals surface area contributed by atoms with Gasteiger partial charge in [-0.25, -0.2) is 4.79 Å². The van der Waals surface area contributed by atoms with Crippen molar-refractivity contribution in [1.29, 1.82) is 0 Å². The first-order valence-corrected chi connectivity index (χ1v) is 6.10. The largest absolute Gasteiger partial charge is 0.502 e. The summed E-state index contributed by atoms with van der Waals surface area (Å²) in [4.78, 5) is 11.2. The van der Waals surface area contributed by atoms with E-state index in [4.69, 9.17) is 14.3 Å². The van der Waals surface area contributed by atoms with Crippen molar-refractivity contribution in [2.75, 3.05) is 13.2 Å². The summed E-state index contributed by atoms with van der Waals surface area (Å²) in [6.45, 7) is 2.55. The van der Waals surface area contributed by atoms with Crippen LogP contribution in [0.15, 0.2) is 33.5 Å². The molecule has 1 aromatic heterocycles. The molecule has 0 aliphatic heterocycles. The van der Waals surface area contributed by atoms with E-state index in [0.29, 0.717) is 23.3 Å². The van der Waals surface area contributed by atoms with E-state index in [-0.39, 0.29) is 12.5 Å². The molecule has 0 aliphatic carbocycles. The van der Waals surface area contributed by atoms with Crippen LogP contribution in [0.4, 0.5) is 0 Å². The number of hydrogen-bond acceptors (Lipinski definition) is 5. The van der Waals surface area contributed by atoms with Crippen molar-refractivity contribution in [3.8, 4) is 11.5 Å². The summed E-state index contributed by atoms with van der Waals surface area (Å²) < 4.78 is 10.5. The molecule has 5 heteroatoms. The predicted molar refractivity (Wildman–Crippen MR) is 70.5 cm³/mol. The average Bonchev–Trinajstić information content (AvgIpc) is 2.40. The van der Waals surface area contributed by atoms with E-state index >= 15 is 0 Å². The van der Waals surface area contributed by atoms with Crippen molar-refractivity contribution in [2.24, 2.45) is 5.92 Å². The Morgan fingerprint density at radius 3 is 2.89 bits per heavy atom. The molecule has 5 nitrogen and oxygen atoms in total. The van der Waals surface area contributed by atoms with Crippen LogP contribution in [0.1, 0.15) is 13.3 Å². The van der Waals surface area contributed by atoms with Gasteiger partial charge in [-0.05, 0) is 30.5 Å².